The van der Waals surface area contributed by atoms with Gasteiger partial charge in [-0.25, -0.2) is 4.39 Å². The van der Waals surface area contributed by atoms with Crippen LogP contribution in [0.4, 0.5) is 4.39 Å². The molecule has 0 saturated heterocycles. The summed E-state index contributed by atoms with van der Waals surface area (Å²) in [6.45, 7) is 3.22. The monoisotopic (exact) mass is 467 g/mol. The van der Waals surface area contributed by atoms with Gasteiger partial charge in [-0.15, -0.1) is 0 Å². The third kappa shape index (κ3) is 7.38. The second kappa shape index (κ2) is 10.8. The van der Waals surface area contributed by atoms with E-state index in [0.717, 1.165) is 5.56 Å². The maximum absolute atomic E-state index is 13.2. The van der Waals surface area contributed by atoms with Gasteiger partial charge in [0.2, 0.25) is 0 Å². The zero-order valence-electron chi connectivity index (χ0n) is 16.4. The van der Waals surface area contributed by atoms with Crippen LogP contribution in [-0.2, 0) is 14.3 Å². The number of hydrogen-bond donors (Lipinski definition) is 1. The second-order valence-electron chi connectivity index (χ2n) is 6.50. The molecule has 2 rings (SSSR count). The first-order valence-electron chi connectivity index (χ1n) is 8.99. The van der Waals surface area contributed by atoms with Gasteiger partial charge in [0.1, 0.15) is 17.3 Å². The first-order chi connectivity index (χ1) is 13.8. The molecule has 2 aromatic rings. The molecule has 0 fully saturated rings. The third-order valence-electron chi connectivity index (χ3n) is 3.84. The highest BCUT2D eigenvalue weighted by Crippen LogP contribution is 2.25. The molecule has 1 amide bonds. The van der Waals surface area contributed by atoms with Gasteiger partial charge in [-0.1, -0.05) is 12.1 Å². The SMILES string of the molecule is COc1ccc(C(CC(=O)OC(C)C)NC(=O)COc2ccc(F)cc2Br)cc1. The summed E-state index contributed by atoms with van der Waals surface area (Å²) in [5.74, 6) is -0.283. The zero-order valence-corrected chi connectivity index (χ0v) is 18.0. The molecular weight excluding hydrogens is 445 g/mol. The van der Waals surface area contributed by atoms with Crippen molar-refractivity contribution in [2.75, 3.05) is 13.7 Å². The van der Waals surface area contributed by atoms with Crippen LogP contribution in [0.2, 0.25) is 0 Å². The number of nitrogens with one attached hydrogen (secondary N) is 1. The smallest absolute Gasteiger partial charge is 0.308 e. The van der Waals surface area contributed by atoms with E-state index in [9.17, 15) is 14.0 Å². The normalized spacial score (nSPS) is 11.7. The Morgan fingerprint density at radius 2 is 1.83 bits per heavy atom. The summed E-state index contributed by atoms with van der Waals surface area (Å²) in [6.07, 6.45) is -0.287. The average molecular weight is 468 g/mol. The largest absolute Gasteiger partial charge is 0.497 e. The van der Waals surface area contributed by atoms with Gasteiger partial charge in [-0.05, 0) is 65.7 Å². The summed E-state index contributed by atoms with van der Waals surface area (Å²) >= 11 is 3.18. The Morgan fingerprint density at radius 1 is 1.14 bits per heavy atom. The standard InChI is InChI=1S/C21H23BrFNO5/c1-13(2)29-21(26)11-18(14-4-7-16(27-3)8-5-14)24-20(25)12-28-19-9-6-15(23)10-17(19)22/h4-10,13,18H,11-12H2,1-3H3,(H,24,25). The lowest BCUT2D eigenvalue weighted by molar-refractivity contribution is -0.148. The number of rotatable bonds is 9. The van der Waals surface area contributed by atoms with Crippen LogP contribution < -0.4 is 14.8 Å². The molecule has 0 aromatic heterocycles. The Morgan fingerprint density at radius 3 is 2.41 bits per heavy atom. The highest BCUT2D eigenvalue weighted by Gasteiger charge is 2.21. The fourth-order valence-electron chi connectivity index (χ4n) is 2.54. The van der Waals surface area contributed by atoms with Crippen molar-refractivity contribution in [1.29, 1.82) is 0 Å². The Labute approximate surface area is 177 Å². The van der Waals surface area contributed by atoms with Gasteiger partial charge in [-0.3, -0.25) is 9.59 Å². The van der Waals surface area contributed by atoms with Crippen LogP contribution in [0.15, 0.2) is 46.9 Å². The quantitative estimate of drug-likeness (QED) is 0.560. The molecule has 0 aliphatic carbocycles. The maximum atomic E-state index is 13.2. The molecule has 0 aliphatic rings. The highest BCUT2D eigenvalue weighted by molar-refractivity contribution is 9.10. The van der Waals surface area contributed by atoms with E-state index in [0.29, 0.717) is 16.0 Å². The van der Waals surface area contributed by atoms with Gasteiger partial charge in [0.15, 0.2) is 6.61 Å². The predicted molar refractivity (Wildman–Crippen MR) is 109 cm³/mol. The summed E-state index contributed by atoms with van der Waals surface area (Å²) in [4.78, 5) is 24.5. The number of carbonyl (C=O) groups is 2. The van der Waals surface area contributed by atoms with E-state index in [2.05, 4.69) is 21.2 Å². The van der Waals surface area contributed by atoms with E-state index >= 15 is 0 Å². The lowest BCUT2D eigenvalue weighted by Gasteiger charge is -2.20. The maximum Gasteiger partial charge on any atom is 0.308 e. The van der Waals surface area contributed by atoms with Gasteiger partial charge in [0.25, 0.3) is 5.91 Å². The molecule has 0 spiro atoms. The van der Waals surface area contributed by atoms with E-state index in [1.807, 2.05) is 0 Å². The summed E-state index contributed by atoms with van der Waals surface area (Å²) in [6, 6.07) is 10.3. The average Bonchev–Trinajstić information content (AvgIpc) is 2.66. The van der Waals surface area contributed by atoms with Gasteiger partial charge in [0, 0.05) is 0 Å². The fourth-order valence-corrected chi connectivity index (χ4v) is 3.00. The number of benzene rings is 2. The van der Waals surface area contributed by atoms with Gasteiger partial charge >= 0.3 is 5.97 Å². The van der Waals surface area contributed by atoms with E-state index in [1.165, 1.54) is 18.2 Å². The number of hydrogen-bond acceptors (Lipinski definition) is 5. The third-order valence-corrected chi connectivity index (χ3v) is 4.46. The van der Waals surface area contributed by atoms with Gasteiger partial charge in [0.05, 0.1) is 30.1 Å². The lowest BCUT2D eigenvalue weighted by Crippen LogP contribution is -2.34. The topological polar surface area (TPSA) is 73.9 Å². The van der Waals surface area contributed by atoms with E-state index < -0.39 is 23.7 Å². The molecule has 2 aromatic carbocycles. The summed E-state index contributed by atoms with van der Waals surface area (Å²) in [5.41, 5.74) is 0.725. The van der Waals surface area contributed by atoms with Gasteiger partial charge < -0.3 is 19.5 Å². The molecule has 0 heterocycles. The molecule has 1 unspecified atom stereocenters. The number of amides is 1. The van der Waals surface area contributed by atoms with Crippen molar-refractivity contribution in [1.82, 2.24) is 5.32 Å². The van der Waals surface area contributed by atoms with Crippen molar-refractivity contribution >= 4 is 27.8 Å². The second-order valence-corrected chi connectivity index (χ2v) is 7.35. The van der Waals surface area contributed by atoms with E-state index in [-0.39, 0.29) is 19.1 Å². The molecule has 8 heteroatoms. The Balaban J connectivity index is 2.06. The van der Waals surface area contributed by atoms with Gasteiger partial charge in [-0.2, -0.15) is 0 Å². The molecule has 1 atom stereocenters. The number of ether oxygens (including phenoxy) is 3. The van der Waals surface area contributed by atoms with E-state index in [4.69, 9.17) is 14.2 Å². The van der Waals surface area contributed by atoms with Crippen molar-refractivity contribution < 1.29 is 28.2 Å². The van der Waals surface area contributed by atoms with Crippen molar-refractivity contribution in [3.05, 3.63) is 58.3 Å². The minimum atomic E-state index is -0.597. The van der Waals surface area contributed by atoms with Crippen LogP contribution in [0.3, 0.4) is 0 Å². The van der Waals surface area contributed by atoms with E-state index in [1.54, 1.807) is 45.2 Å². The predicted octanol–water partition coefficient (Wildman–Crippen LogP) is 4.17. The fraction of sp³-hybridized carbons (Fsp3) is 0.333. The molecule has 0 radical (unpaired) electrons. The van der Waals surface area contributed by atoms with Crippen molar-refractivity contribution in [2.24, 2.45) is 0 Å². The number of methoxy groups -OCH3 is 1. The molecule has 1 N–H and O–H groups in total. The minimum absolute atomic E-state index is 0.0313. The number of carbonyl (C=O) groups excluding carboxylic acids is 2. The number of halogens is 2. The summed E-state index contributed by atoms with van der Waals surface area (Å²) in [7, 11) is 1.55. The van der Waals surface area contributed by atoms with Crippen molar-refractivity contribution in [3.63, 3.8) is 0 Å². The summed E-state index contributed by atoms with van der Waals surface area (Å²) < 4.78 is 29.3. The molecular formula is C21H23BrFNO5. The molecule has 6 nitrogen and oxygen atoms in total. The van der Waals surface area contributed by atoms with Crippen molar-refractivity contribution in [3.8, 4) is 11.5 Å². The van der Waals surface area contributed by atoms with Crippen LogP contribution >= 0.6 is 15.9 Å². The lowest BCUT2D eigenvalue weighted by atomic mass is 10.0. The first kappa shape index (κ1) is 22.7. The molecule has 156 valence electrons. The molecule has 0 saturated carbocycles. The molecule has 0 aliphatic heterocycles. The zero-order chi connectivity index (χ0) is 21.4. The Bertz CT molecular complexity index is 841. The van der Waals surface area contributed by atoms with Crippen LogP contribution in [-0.4, -0.2) is 31.7 Å². The minimum Gasteiger partial charge on any atom is -0.497 e. The first-order valence-corrected chi connectivity index (χ1v) is 9.78. The molecule has 0 bridgehead atoms. The van der Waals surface area contributed by atoms with Crippen LogP contribution in [0.1, 0.15) is 31.9 Å². The Hall–Kier alpha value is -2.61. The van der Waals surface area contributed by atoms with Crippen LogP contribution in [0.5, 0.6) is 11.5 Å². The number of esters is 1. The Kier molecular flexibility index (Phi) is 8.45. The van der Waals surface area contributed by atoms with Crippen molar-refractivity contribution in [2.45, 2.75) is 32.4 Å². The molecule has 29 heavy (non-hydrogen) atoms. The summed E-state index contributed by atoms with van der Waals surface area (Å²) in [5, 5.41) is 2.78. The van der Waals surface area contributed by atoms with Crippen LogP contribution in [0, 0.1) is 5.82 Å². The highest BCUT2D eigenvalue weighted by atomic mass is 79.9. The van der Waals surface area contributed by atoms with Crippen LogP contribution in [0.25, 0.3) is 0 Å².